The number of hydrogen-bond acceptors (Lipinski definition) is 2. The summed E-state index contributed by atoms with van der Waals surface area (Å²) in [6.45, 7) is 1.29. The van der Waals surface area contributed by atoms with Crippen LogP contribution in [0.25, 0.3) is 0 Å². The van der Waals surface area contributed by atoms with E-state index in [1.807, 2.05) is 35.1 Å². The molecule has 0 spiro atoms. The van der Waals surface area contributed by atoms with Crippen LogP contribution in [0.15, 0.2) is 67.0 Å². The van der Waals surface area contributed by atoms with Crippen LogP contribution in [0.5, 0.6) is 0 Å². The third-order valence-electron chi connectivity index (χ3n) is 3.23. The Labute approximate surface area is 123 Å². The number of aromatic nitrogens is 2. The van der Waals surface area contributed by atoms with E-state index in [1.54, 1.807) is 18.3 Å². The van der Waals surface area contributed by atoms with Crippen molar-refractivity contribution in [3.63, 3.8) is 0 Å². The minimum Gasteiger partial charge on any atom is -0.378 e. The monoisotopic (exact) mass is 281 g/mol. The van der Waals surface area contributed by atoms with Gasteiger partial charge in [0.25, 0.3) is 0 Å². The number of nitrogens with one attached hydrogen (secondary N) is 1. The number of nitrogens with zero attached hydrogens (tertiary/aromatic N) is 2. The molecule has 0 radical (unpaired) electrons. The van der Waals surface area contributed by atoms with Crippen molar-refractivity contribution in [1.82, 2.24) is 9.78 Å². The summed E-state index contributed by atoms with van der Waals surface area (Å²) in [5.41, 5.74) is 2.73. The predicted molar refractivity (Wildman–Crippen MR) is 81.5 cm³/mol. The lowest BCUT2D eigenvalue weighted by Gasteiger charge is -2.05. The van der Waals surface area contributed by atoms with Crippen LogP contribution in [0.1, 0.15) is 11.1 Å². The van der Waals surface area contributed by atoms with Gasteiger partial charge in [-0.3, -0.25) is 4.68 Å². The fraction of sp³-hybridized carbons (Fsp3) is 0.118. The first-order chi connectivity index (χ1) is 10.3. The third kappa shape index (κ3) is 3.48. The molecule has 21 heavy (non-hydrogen) atoms. The molecular weight excluding hydrogens is 265 g/mol. The molecule has 0 unspecified atom stereocenters. The van der Waals surface area contributed by atoms with Gasteiger partial charge in [-0.05, 0) is 17.7 Å². The second-order valence-corrected chi connectivity index (χ2v) is 4.87. The molecule has 3 nitrogen and oxygen atoms in total. The first kappa shape index (κ1) is 13.4. The van der Waals surface area contributed by atoms with Crippen LogP contribution in [0.3, 0.4) is 0 Å². The molecule has 0 saturated heterocycles. The molecule has 0 bridgehead atoms. The Balaban J connectivity index is 1.62. The Morgan fingerprint density at radius 2 is 1.71 bits per heavy atom. The van der Waals surface area contributed by atoms with E-state index in [1.165, 1.54) is 11.6 Å². The van der Waals surface area contributed by atoms with Crippen LogP contribution in [0.4, 0.5) is 10.1 Å². The van der Waals surface area contributed by atoms with Crippen molar-refractivity contribution in [2.24, 2.45) is 0 Å². The standard InChI is InChI=1S/C17H16FN3/c18-16-8-4-5-9-17(16)19-10-15-11-20-21(13-15)12-14-6-2-1-3-7-14/h1-9,11,13,19H,10,12H2. The van der Waals surface area contributed by atoms with E-state index in [4.69, 9.17) is 0 Å². The summed E-state index contributed by atoms with van der Waals surface area (Å²) in [6, 6.07) is 16.8. The van der Waals surface area contributed by atoms with Gasteiger partial charge in [0.15, 0.2) is 0 Å². The van der Waals surface area contributed by atoms with Crippen LogP contribution in [0, 0.1) is 5.82 Å². The maximum Gasteiger partial charge on any atom is 0.146 e. The van der Waals surface area contributed by atoms with Gasteiger partial charge in [0.1, 0.15) is 5.82 Å². The molecule has 3 aromatic rings. The molecule has 0 amide bonds. The van der Waals surface area contributed by atoms with Gasteiger partial charge < -0.3 is 5.32 Å². The van der Waals surface area contributed by atoms with Crippen LogP contribution in [-0.4, -0.2) is 9.78 Å². The van der Waals surface area contributed by atoms with Crippen LogP contribution in [-0.2, 0) is 13.1 Å². The molecule has 106 valence electrons. The lowest BCUT2D eigenvalue weighted by Crippen LogP contribution is -2.01. The minimum atomic E-state index is -0.242. The highest BCUT2D eigenvalue weighted by molar-refractivity contribution is 5.44. The maximum absolute atomic E-state index is 13.5. The quantitative estimate of drug-likeness (QED) is 0.773. The van der Waals surface area contributed by atoms with Gasteiger partial charge >= 0.3 is 0 Å². The molecule has 0 fully saturated rings. The molecule has 0 aliphatic rings. The van der Waals surface area contributed by atoms with E-state index in [-0.39, 0.29) is 5.82 Å². The minimum absolute atomic E-state index is 0.242. The fourth-order valence-corrected chi connectivity index (χ4v) is 2.16. The van der Waals surface area contributed by atoms with Gasteiger partial charge in [0, 0.05) is 18.3 Å². The van der Waals surface area contributed by atoms with E-state index in [0.717, 1.165) is 12.1 Å². The highest BCUT2D eigenvalue weighted by atomic mass is 19.1. The third-order valence-corrected chi connectivity index (χ3v) is 3.23. The molecule has 1 aromatic heterocycles. The van der Waals surface area contributed by atoms with Gasteiger partial charge in [-0.15, -0.1) is 0 Å². The molecule has 2 aromatic carbocycles. The van der Waals surface area contributed by atoms with Gasteiger partial charge in [-0.2, -0.15) is 5.10 Å². The number of benzene rings is 2. The molecule has 3 rings (SSSR count). The van der Waals surface area contributed by atoms with Gasteiger partial charge in [-0.25, -0.2) is 4.39 Å². The molecule has 0 atom stereocenters. The van der Waals surface area contributed by atoms with Gasteiger partial charge in [0.2, 0.25) is 0 Å². The van der Waals surface area contributed by atoms with E-state index in [0.29, 0.717) is 12.2 Å². The number of anilines is 1. The van der Waals surface area contributed by atoms with Crippen LogP contribution >= 0.6 is 0 Å². The zero-order valence-corrected chi connectivity index (χ0v) is 11.5. The summed E-state index contributed by atoms with van der Waals surface area (Å²) >= 11 is 0. The summed E-state index contributed by atoms with van der Waals surface area (Å²) in [5, 5.41) is 7.41. The van der Waals surface area contributed by atoms with Crippen molar-refractivity contribution < 1.29 is 4.39 Å². The molecule has 0 saturated carbocycles. The van der Waals surface area contributed by atoms with Gasteiger partial charge in [-0.1, -0.05) is 42.5 Å². The van der Waals surface area contributed by atoms with Crippen molar-refractivity contribution in [2.45, 2.75) is 13.1 Å². The zero-order chi connectivity index (χ0) is 14.5. The van der Waals surface area contributed by atoms with Crippen molar-refractivity contribution in [3.05, 3.63) is 83.9 Å². The summed E-state index contributed by atoms with van der Waals surface area (Å²) in [5.74, 6) is -0.242. The number of hydrogen-bond donors (Lipinski definition) is 1. The summed E-state index contributed by atoms with van der Waals surface area (Å²) in [4.78, 5) is 0. The van der Waals surface area contributed by atoms with E-state index < -0.39 is 0 Å². The normalized spacial score (nSPS) is 10.5. The molecule has 4 heteroatoms. The van der Waals surface area contributed by atoms with Crippen LogP contribution < -0.4 is 5.32 Å². The smallest absolute Gasteiger partial charge is 0.146 e. The maximum atomic E-state index is 13.5. The van der Waals surface area contributed by atoms with Crippen molar-refractivity contribution in [1.29, 1.82) is 0 Å². The topological polar surface area (TPSA) is 29.9 Å². The Morgan fingerprint density at radius 3 is 2.52 bits per heavy atom. The lowest BCUT2D eigenvalue weighted by atomic mass is 10.2. The van der Waals surface area contributed by atoms with Crippen molar-refractivity contribution >= 4 is 5.69 Å². The molecule has 1 N–H and O–H groups in total. The summed E-state index contributed by atoms with van der Waals surface area (Å²) in [7, 11) is 0. The SMILES string of the molecule is Fc1ccccc1NCc1cnn(Cc2ccccc2)c1. The second-order valence-electron chi connectivity index (χ2n) is 4.87. The Bertz CT molecular complexity index is 707. The first-order valence-electron chi connectivity index (χ1n) is 6.85. The van der Waals surface area contributed by atoms with E-state index in [9.17, 15) is 4.39 Å². The van der Waals surface area contributed by atoms with E-state index in [2.05, 4.69) is 22.5 Å². The molecule has 1 heterocycles. The van der Waals surface area contributed by atoms with E-state index >= 15 is 0 Å². The fourth-order valence-electron chi connectivity index (χ4n) is 2.16. The highest BCUT2D eigenvalue weighted by Gasteiger charge is 2.02. The predicted octanol–water partition coefficient (Wildman–Crippen LogP) is 3.68. The number of rotatable bonds is 5. The second kappa shape index (κ2) is 6.22. The Morgan fingerprint density at radius 1 is 0.952 bits per heavy atom. The Hall–Kier alpha value is -2.62. The highest BCUT2D eigenvalue weighted by Crippen LogP contribution is 2.13. The van der Waals surface area contributed by atoms with Crippen molar-refractivity contribution in [3.8, 4) is 0 Å². The first-order valence-corrected chi connectivity index (χ1v) is 6.85. The average Bonchev–Trinajstić information content (AvgIpc) is 2.95. The number of halogens is 1. The Kier molecular flexibility index (Phi) is 3.96. The van der Waals surface area contributed by atoms with Gasteiger partial charge in [0.05, 0.1) is 18.4 Å². The lowest BCUT2D eigenvalue weighted by molar-refractivity contribution is 0.630. The summed E-state index contributed by atoms with van der Waals surface area (Å²) < 4.78 is 15.4. The largest absolute Gasteiger partial charge is 0.378 e. The molecular formula is C17H16FN3. The number of para-hydroxylation sites is 1. The van der Waals surface area contributed by atoms with Crippen molar-refractivity contribution in [2.75, 3.05) is 5.32 Å². The average molecular weight is 281 g/mol. The zero-order valence-electron chi connectivity index (χ0n) is 11.5. The summed E-state index contributed by atoms with van der Waals surface area (Å²) in [6.07, 6.45) is 3.78. The molecule has 0 aliphatic carbocycles. The van der Waals surface area contributed by atoms with Crippen LogP contribution in [0.2, 0.25) is 0 Å². The molecule has 0 aliphatic heterocycles.